The molecular weight excluding hydrogens is 210 g/mol. The number of nitrogens with two attached hydrogens (primary N) is 1. The van der Waals surface area contributed by atoms with Crippen LogP contribution in [0.15, 0.2) is 12.4 Å². The summed E-state index contributed by atoms with van der Waals surface area (Å²) in [6, 6.07) is 0. The Balaban J connectivity index is 3.23. The zero-order valence-corrected chi connectivity index (χ0v) is 8.93. The zero-order valence-electron chi connectivity index (χ0n) is 8.93. The van der Waals surface area contributed by atoms with Gasteiger partial charge in [-0.05, 0) is 19.1 Å². The number of methoxy groups -OCH3 is 1. The molecule has 0 aliphatic heterocycles. The molecule has 16 heavy (non-hydrogen) atoms. The number of anilines is 1. The third-order valence-electron chi connectivity index (χ3n) is 1.78. The SMILES string of the molecule is COC(=O)c1ncnc(N)c1/C=C/C(C)=O. The van der Waals surface area contributed by atoms with Crippen molar-refractivity contribution >= 4 is 23.6 Å². The summed E-state index contributed by atoms with van der Waals surface area (Å²) < 4.78 is 4.54. The fraction of sp³-hybridized carbons (Fsp3) is 0.200. The minimum atomic E-state index is -0.627. The van der Waals surface area contributed by atoms with Gasteiger partial charge >= 0.3 is 5.97 Å². The highest BCUT2D eigenvalue weighted by atomic mass is 16.5. The maximum Gasteiger partial charge on any atom is 0.357 e. The molecule has 0 amide bonds. The van der Waals surface area contributed by atoms with E-state index in [1.807, 2.05) is 0 Å². The molecule has 0 fully saturated rings. The van der Waals surface area contributed by atoms with Crippen LogP contribution in [0.25, 0.3) is 6.08 Å². The Morgan fingerprint density at radius 1 is 1.44 bits per heavy atom. The monoisotopic (exact) mass is 221 g/mol. The Hall–Kier alpha value is -2.24. The van der Waals surface area contributed by atoms with E-state index in [4.69, 9.17) is 5.73 Å². The molecule has 1 aromatic heterocycles. The van der Waals surface area contributed by atoms with Gasteiger partial charge in [0, 0.05) is 0 Å². The average Bonchev–Trinajstić information content (AvgIpc) is 2.25. The molecule has 1 heterocycles. The van der Waals surface area contributed by atoms with Crippen molar-refractivity contribution in [3.05, 3.63) is 23.7 Å². The van der Waals surface area contributed by atoms with Gasteiger partial charge in [0.15, 0.2) is 11.5 Å². The first-order chi connectivity index (χ1) is 7.56. The molecule has 0 atom stereocenters. The molecule has 84 valence electrons. The molecule has 0 aliphatic carbocycles. The molecule has 2 N–H and O–H groups in total. The molecule has 0 saturated carbocycles. The van der Waals surface area contributed by atoms with Gasteiger partial charge in [0.05, 0.1) is 12.7 Å². The number of aromatic nitrogens is 2. The fourth-order valence-corrected chi connectivity index (χ4v) is 1.03. The summed E-state index contributed by atoms with van der Waals surface area (Å²) in [5.74, 6) is -0.677. The molecule has 0 saturated heterocycles. The Morgan fingerprint density at radius 3 is 2.69 bits per heavy atom. The minimum absolute atomic E-state index is 0.0347. The predicted molar refractivity (Wildman–Crippen MR) is 57.5 cm³/mol. The van der Waals surface area contributed by atoms with Gasteiger partial charge in [0.25, 0.3) is 0 Å². The maximum absolute atomic E-state index is 11.3. The number of nitrogens with zero attached hydrogens (tertiary/aromatic N) is 2. The van der Waals surface area contributed by atoms with E-state index in [2.05, 4.69) is 14.7 Å². The minimum Gasteiger partial charge on any atom is -0.464 e. The lowest BCUT2D eigenvalue weighted by atomic mass is 10.2. The molecule has 0 aliphatic rings. The van der Waals surface area contributed by atoms with E-state index in [1.54, 1.807) is 0 Å². The molecule has 6 heteroatoms. The standard InChI is InChI=1S/C10H11N3O3/c1-6(14)3-4-7-8(10(15)16-2)12-5-13-9(7)11/h3-5H,1-2H3,(H2,11,12,13)/b4-3+. The van der Waals surface area contributed by atoms with E-state index in [0.717, 1.165) is 6.33 Å². The highest BCUT2D eigenvalue weighted by Crippen LogP contribution is 2.14. The van der Waals surface area contributed by atoms with Crippen LogP contribution in [0.2, 0.25) is 0 Å². The normalized spacial score (nSPS) is 10.4. The van der Waals surface area contributed by atoms with Crippen molar-refractivity contribution < 1.29 is 14.3 Å². The van der Waals surface area contributed by atoms with Crippen LogP contribution in [-0.4, -0.2) is 28.8 Å². The van der Waals surface area contributed by atoms with Crippen LogP contribution in [0, 0.1) is 0 Å². The van der Waals surface area contributed by atoms with Crippen LogP contribution in [0.4, 0.5) is 5.82 Å². The average molecular weight is 221 g/mol. The van der Waals surface area contributed by atoms with Crippen LogP contribution in [-0.2, 0) is 9.53 Å². The number of ketones is 1. The Kier molecular flexibility index (Phi) is 3.71. The number of ether oxygens (including phenoxy) is 1. The van der Waals surface area contributed by atoms with Gasteiger partial charge < -0.3 is 10.5 Å². The lowest BCUT2D eigenvalue weighted by Gasteiger charge is -2.04. The van der Waals surface area contributed by atoms with Crippen LogP contribution < -0.4 is 5.73 Å². The van der Waals surface area contributed by atoms with E-state index >= 15 is 0 Å². The highest BCUT2D eigenvalue weighted by Gasteiger charge is 2.14. The van der Waals surface area contributed by atoms with Crippen LogP contribution >= 0.6 is 0 Å². The van der Waals surface area contributed by atoms with Crippen molar-refractivity contribution in [3.8, 4) is 0 Å². The van der Waals surface area contributed by atoms with Gasteiger partial charge in [-0.1, -0.05) is 0 Å². The van der Waals surface area contributed by atoms with Gasteiger partial charge in [-0.2, -0.15) is 0 Å². The smallest absolute Gasteiger partial charge is 0.357 e. The van der Waals surface area contributed by atoms with Crippen molar-refractivity contribution in [1.82, 2.24) is 9.97 Å². The summed E-state index contributed by atoms with van der Waals surface area (Å²) in [5, 5.41) is 0. The van der Waals surface area contributed by atoms with Crippen molar-refractivity contribution in [3.63, 3.8) is 0 Å². The van der Waals surface area contributed by atoms with E-state index < -0.39 is 5.97 Å². The van der Waals surface area contributed by atoms with Gasteiger partial charge in [0.1, 0.15) is 12.1 Å². The van der Waals surface area contributed by atoms with Crippen molar-refractivity contribution in [2.24, 2.45) is 0 Å². The number of hydrogen-bond acceptors (Lipinski definition) is 6. The fourth-order valence-electron chi connectivity index (χ4n) is 1.03. The zero-order chi connectivity index (χ0) is 12.1. The largest absolute Gasteiger partial charge is 0.464 e. The molecule has 0 aromatic carbocycles. The van der Waals surface area contributed by atoms with E-state index in [0.29, 0.717) is 0 Å². The molecule has 6 nitrogen and oxygen atoms in total. The number of carbonyl (C=O) groups is 2. The first-order valence-electron chi connectivity index (χ1n) is 4.43. The third kappa shape index (κ3) is 2.63. The number of nitrogen functional groups attached to an aromatic ring is 1. The molecule has 1 rings (SSSR count). The maximum atomic E-state index is 11.3. The molecule has 0 radical (unpaired) electrons. The van der Waals surface area contributed by atoms with Gasteiger partial charge in [-0.15, -0.1) is 0 Å². The number of esters is 1. The Morgan fingerprint density at radius 2 is 2.12 bits per heavy atom. The summed E-state index contributed by atoms with van der Waals surface area (Å²) in [5.41, 5.74) is 5.90. The van der Waals surface area contributed by atoms with Gasteiger partial charge in [0.2, 0.25) is 0 Å². The van der Waals surface area contributed by atoms with Crippen LogP contribution in [0.3, 0.4) is 0 Å². The number of rotatable bonds is 3. The lowest BCUT2D eigenvalue weighted by Crippen LogP contribution is -2.10. The lowest BCUT2D eigenvalue weighted by molar-refractivity contribution is -0.112. The van der Waals surface area contributed by atoms with Gasteiger partial charge in [-0.25, -0.2) is 14.8 Å². The summed E-state index contributed by atoms with van der Waals surface area (Å²) in [4.78, 5) is 29.6. The van der Waals surface area contributed by atoms with Crippen molar-refractivity contribution in [1.29, 1.82) is 0 Å². The van der Waals surface area contributed by atoms with Crippen LogP contribution in [0.5, 0.6) is 0 Å². The number of allylic oxidation sites excluding steroid dienone is 1. The second-order valence-electron chi connectivity index (χ2n) is 2.96. The highest BCUT2D eigenvalue weighted by molar-refractivity contribution is 5.97. The summed E-state index contributed by atoms with van der Waals surface area (Å²) in [6.07, 6.45) is 3.83. The molecule has 0 bridgehead atoms. The topological polar surface area (TPSA) is 95.2 Å². The van der Waals surface area contributed by atoms with Crippen molar-refractivity contribution in [2.45, 2.75) is 6.92 Å². The van der Waals surface area contributed by atoms with Crippen molar-refractivity contribution in [2.75, 3.05) is 12.8 Å². The molecular formula is C10H11N3O3. The first kappa shape index (κ1) is 11.8. The van der Waals surface area contributed by atoms with E-state index in [-0.39, 0.29) is 22.9 Å². The number of carbonyl (C=O) groups excluding carboxylic acids is 2. The first-order valence-corrected chi connectivity index (χ1v) is 4.43. The quantitative estimate of drug-likeness (QED) is 0.588. The van der Waals surface area contributed by atoms with E-state index in [1.165, 1.54) is 26.2 Å². The molecule has 0 unspecified atom stereocenters. The predicted octanol–water partition coefficient (Wildman–Crippen LogP) is 0.448. The van der Waals surface area contributed by atoms with E-state index in [9.17, 15) is 9.59 Å². The second kappa shape index (κ2) is 5.01. The Bertz CT molecular complexity index is 455. The number of hydrogen-bond donors (Lipinski definition) is 1. The molecule has 1 aromatic rings. The van der Waals surface area contributed by atoms with Crippen LogP contribution in [0.1, 0.15) is 23.0 Å². The molecule has 0 spiro atoms. The second-order valence-corrected chi connectivity index (χ2v) is 2.96. The summed E-state index contributed by atoms with van der Waals surface area (Å²) >= 11 is 0. The third-order valence-corrected chi connectivity index (χ3v) is 1.78. The van der Waals surface area contributed by atoms with Gasteiger partial charge in [-0.3, -0.25) is 4.79 Å². The summed E-state index contributed by atoms with van der Waals surface area (Å²) in [7, 11) is 1.24. The summed E-state index contributed by atoms with van der Waals surface area (Å²) in [6.45, 7) is 1.38. The Labute approximate surface area is 92.1 Å².